The summed E-state index contributed by atoms with van der Waals surface area (Å²) in [6, 6.07) is 7.39. The van der Waals surface area contributed by atoms with Gasteiger partial charge in [0.15, 0.2) is 5.82 Å². The summed E-state index contributed by atoms with van der Waals surface area (Å²) in [5.74, 6) is -1.39. The van der Waals surface area contributed by atoms with E-state index in [1.54, 1.807) is 20.8 Å². The summed E-state index contributed by atoms with van der Waals surface area (Å²) in [4.78, 5) is 30.8. The molecule has 0 saturated heterocycles. The van der Waals surface area contributed by atoms with Crippen LogP contribution >= 0.6 is 11.6 Å². The predicted molar refractivity (Wildman–Crippen MR) is 110 cm³/mol. The normalized spacial score (nSPS) is 13.5. The number of nitriles is 1. The fraction of sp³-hybridized carbons (Fsp3) is 0.364. The van der Waals surface area contributed by atoms with Gasteiger partial charge in [-0.2, -0.15) is 5.26 Å². The van der Waals surface area contributed by atoms with E-state index in [1.165, 1.54) is 35.4 Å². The number of ketones is 1. The van der Waals surface area contributed by atoms with Crippen molar-refractivity contribution in [2.24, 2.45) is 5.92 Å². The smallest absolute Gasteiger partial charge is 0.414 e. The van der Waals surface area contributed by atoms with Crippen LogP contribution in [0.2, 0.25) is 5.02 Å². The number of pyridine rings is 1. The number of hydrogen-bond donors (Lipinski definition) is 0. The summed E-state index contributed by atoms with van der Waals surface area (Å²) in [5.41, 5.74) is -0.994. The highest BCUT2D eigenvalue weighted by molar-refractivity contribution is 6.35. The van der Waals surface area contributed by atoms with Crippen molar-refractivity contribution in [3.05, 3.63) is 58.1 Å². The molecule has 30 heavy (non-hydrogen) atoms. The lowest BCUT2D eigenvalue weighted by molar-refractivity contribution is 0.0577. The molecule has 1 aromatic carbocycles. The predicted octanol–water partition coefficient (Wildman–Crippen LogP) is 5.13. The van der Waals surface area contributed by atoms with Crippen molar-refractivity contribution in [1.82, 2.24) is 4.98 Å². The van der Waals surface area contributed by atoms with E-state index in [9.17, 15) is 9.59 Å². The van der Waals surface area contributed by atoms with Gasteiger partial charge in [0.25, 0.3) is 0 Å². The van der Waals surface area contributed by atoms with Gasteiger partial charge in [0.1, 0.15) is 17.4 Å². The lowest BCUT2D eigenvalue weighted by atomic mass is 10.0. The molecule has 3 rings (SSSR count). The highest BCUT2D eigenvalue weighted by Gasteiger charge is 2.33. The van der Waals surface area contributed by atoms with Crippen molar-refractivity contribution in [3.8, 4) is 6.07 Å². The Morgan fingerprint density at radius 2 is 2.00 bits per heavy atom. The Hall–Kier alpha value is -2.98. The Kier molecular flexibility index (Phi) is 6.09. The van der Waals surface area contributed by atoms with Gasteiger partial charge in [-0.3, -0.25) is 14.7 Å². The van der Waals surface area contributed by atoms with Crippen LogP contribution in [0.15, 0.2) is 30.5 Å². The molecular weight excluding hydrogens is 409 g/mol. The average Bonchev–Trinajstić information content (AvgIpc) is 3.49. The quantitative estimate of drug-likeness (QED) is 0.615. The van der Waals surface area contributed by atoms with Gasteiger partial charge in [0.2, 0.25) is 5.78 Å². The molecule has 2 aromatic rings. The number of ether oxygens (including phenoxy) is 1. The fourth-order valence-electron chi connectivity index (χ4n) is 2.83. The van der Waals surface area contributed by atoms with Crippen LogP contribution < -0.4 is 4.90 Å². The lowest BCUT2D eigenvalue weighted by Gasteiger charge is -2.28. The van der Waals surface area contributed by atoms with E-state index in [4.69, 9.17) is 21.6 Å². The molecule has 0 aliphatic heterocycles. The zero-order valence-corrected chi connectivity index (χ0v) is 17.7. The van der Waals surface area contributed by atoms with Gasteiger partial charge in [0.05, 0.1) is 21.8 Å². The number of nitrogens with zero attached hydrogens (tertiary/aromatic N) is 3. The van der Waals surface area contributed by atoms with Gasteiger partial charge in [-0.25, -0.2) is 9.18 Å². The van der Waals surface area contributed by atoms with Crippen LogP contribution in [0.1, 0.15) is 55.2 Å². The van der Waals surface area contributed by atoms with Gasteiger partial charge in [-0.05, 0) is 63.8 Å². The molecule has 1 amide bonds. The monoisotopic (exact) mass is 429 g/mol. The molecule has 156 valence electrons. The summed E-state index contributed by atoms with van der Waals surface area (Å²) in [6.45, 7) is 5.47. The number of carbonyl (C=O) groups is 2. The van der Waals surface area contributed by atoms with Crippen LogP contribution in [0.25, 0.3) is 0 Å². The van der Waals surface area contributed by atoms with Crippen LogP contribution in [0.3, 0.4) is 0 Å². The van der Waals surface area contributed by atoms with Crippen molar-refractivity contribution in [1.29, 1.82) is 5.26 Å². The van der Waals surface area contributed by atoms with Crippen LogP contribution in [0.5, 0.6) is 0 Å². The van der Waals surface area contributed by atoms with Gasteiger partial charge >= 0.3 is 6.09 Å². The second kappa shape index (κ2) is 8.41. The average molecular weight is 430 g/mol. The third-order valence-corrected chi connectivity index (χ3v) is 4.78. The second-order valence-electron chi connectivity index (χ2n) is 8.16. The first-order chi connectivity index (χ1) is 14.1. The molecule has 0 bridgehead atoms. The van der Waals surface area contributed by atoms with E-state index in [-0.39, 0.29) is 40.0 Å². The molecule has 0 spiro atoms. The SMILES string of the molecule is CC(C)(C)OC(=O)N(CC1CC1)c1ccc(Cl)c(C(=O)c2ccc(C#N)cn2)c1F. The third kappa shape index (κ3) is 4.95. The molecule has 1 heterocycles. The van der Waals surface area contributed by atoms with E-state index >= 15 is 4.39 Å². The fourth-order valence-corrected chi connectivity index (χ4v) is 3.06. The van der Waals surface area contributed by atoms with Gasteiger partial charge in [-0.1, -0.05) is 11.6 Å². The topological polar surface area (TPSA) is 83.3 Å². The Morgan fingerprint density at radius 3 is 2.53 bits per heavy atom. The van der Waals surface area contributed by atoms with E-state index in [1.807, 2.05) is 6.07 Å². The zero-order chi connectivity index (χ0) is 22.1. The first-order valence-electron chi connectivity index (χ1n) is 9.50. The standard InChI is InChI=1S/C22H21ClFN3O3/c1-22(2,3)30-21(29)27(12-13-4-5-13)17-9-7-15(23)18(19(17)24)20(28)16-8-6-14(10-25)11-26-16/h6-9,11,13H,4-5,12H2,1-3H3. The first kappa shape index (κ1) is 21.7. The number of hydrogen-bond acceptors (Lipinski definition) is 5. The van der Waals surface area contributed by atoms with Crippen LogP contribution in [-0.2, 0) is 4.74 Å². The molecule has 1 aliphatic rings. The van der Waals surface area contributed by atoms with Crippen molar-refractivity contribution >= 4 is 29.2 Å². The minimum atomic E-state index is -0.912. The van der Waals surface area contributed by atoms with Gasteiger partial charge in [0, 0.05) is 12.7 Å². The molecule has 1 fully saturated rings. The number of anilines is 1. The van der Waals surface area contributed by atoms with Crippen molar-refractivity contribution < 1.29 is 18.7 Å². The Bertz CT molecular complexity index is 1020. The van der Waals surface area contributed by atoms with Crippen molar-refractivity contribution in [2.45, 2.75) is 39.2 Å². The maximum Gasteiger partial charge on any atom is 0.414 e. The summed E-state index contributed by atoms with van der Waals surface area (Å²) >= 11 is 6.14. The molecule has 8 heteroatoms. The Labute approximate surface area is 179 Å². The van der Waals surface area contributed by atoms with E-state index in [2.05, 4.69) is 4.98 Å². The van der Waals surface area contributed by atoms with Crippen molar-refractivity contribution in [3.63, 3.8) is 0 Å². The van der Waals surface area contributed by atoms with E-state index in [0.29, 0.717) is 0 Å². The molecule has 0 N–H and O–H groups in total. The lowest BCUT2D eigenvalue weighted by Crippen LogP contribution is -2.38. The zero-order valence-electron chi connectivity index (χ0n) is 16.9. The van der Waals surface area contributed by atoms with Gasteiger partial charge < -0.3 is 4.74 Å². The summed E-state index contributed by atoms with van der Waals surface area (Å²) < 4.78 is 20.9. The molecule has 0 atom stereocenters. The highest BCUT2D eigenvalue weighted by atomic mass is 35.5. The number of amides is 1. The third-order valence-electron chi connectivity index (χ3n) is 4.47. The molecule has 0 unspecified atom stereocenters. The number of rotatable bonds is 5. The number of benzene rings is 1. The number of carbonyl (C=O) groups excluding carboxylic acids is 2. The number of halogens is 2. The highest BCUT2D eigenvalue weighted by Crippen LogP contribution is 2.35. The number of aromatic nitrogens is 1. The molecule has 6 nitrogen and oxygen atoms in total. The Balaban J connectivity index is 2.01. The molecule has 0 radical (unpaired) electrons. The van der Waals surface area contributed by atoms with Crippen LogP contribution in [0.4, 0.5) is 14.9 Å². The first-order valence-corrected chi connectivity index (χ1v) is 9.88. The van der Waals surface area contributed by atoms with E-state index in [0.717, 1.165) is 12.8 Å². The van der Waals surface area contributed by atoms with Crippen LogP contribution in [0, 0.1) is 23.1 Å². The van der Waals surface area contributed by atoms with Gasteiger partial charge in [-0.15, -0.1) is 0 Å². The molecular formula is C22H21ClFN3O3. The largest absolute Gasteiger partial charge is 0.443 e. The van der Waals surface area contributed by atoms with Crippen molar-refractivity contribution in [2.75, 3.05) is 11.4 Å². The maximum atomic E-state index is 15.5. The summed E-state index contributed by atoms with van der Waals surface area (Å²) in [6.07, 6.45) is 2.42. The molecule has 1 aromatic heterocycles. The minimum Gasteiger partial charge on any atom is -0.443 e. The van der Waals surface area contributed by atoms with E-state index < -0.39 is 23.3 Å². The molecule has 1 saturated carbocycles. The second-order valence-corrected chi connectivity index (χ2v) is 8.57. The molecule has 1 aliphatic carbocycles. The van der Waals surface area contributed by atoms with Crippen LogP contribution in [-0.4, -0.2) is 29.0 Å². The maximum absolute atomic E-state index is 15.5. The Morgan fingerprint density at radius 1 is 1.30 bits per heavy atom. The summed E-state index contributed by atoms with van der Waals surface area (Å²) in [5, 5.41) is 8.78. The summed E-state index contributed by atoms with van der Waals surface area (Å²) in [7, 11) is 0. The minimum absolute atomic E-state index is 0.0574.